The SMILES string of the molecule is CCN1CCN(S(=O)(=O)c2cc(Br)ccc2Br)CC1. The Labute approximate surface area is 131 Å². The summed E-state index contributed by atoms with van der Waals surface area (Å²) in [6.45, 7) is 5.75. The van der Waals surface area contributed by atoms with Crippen molar-refractivity contribution in [3.8, 4) is 0 Å². The van der Waals surface area contributed by atoms with Crippen molar-refractivity contribution >= 4 is 41.9 Å². The minimum atomic E-state index is -3.42. The van der Waals surface area contributed by atoms with E-state index in [4.69, 9.17) is 0 Å². The van der Waals surface area contributed by atoms with E-state index in [1.165, 1.54) is 0 Å². The minimum absolute atomic E-state index is 0.326. The van der Waals surface area contributed by atoms with Crippen molar-refractivity contribution in [2.24, 2.45) is 0 Å². The molecule has 0 saturated carbocycles. The van der Waals surface area contributed by atoms with Gasteiger partial charge in [-0.15, -0.1) is 0 Å². The van der Waals surface area contributed by atoms with Crippen LogP contribution in [0.2, 0.25) is 0 Å². The molecule has 0 bridgehead atoms. The molecule has 1 aliphatic heterocycles. The predicted molar refractivity (Wildman–Crippen MR) is 82.7 cm³/mol. The standard InChI is InChI=1S/C12H16Br2N2O2S/c1-2-15-5-7-16(8-6-15)19(17,18)12-9-10(13)3-4-11(12)14/h3-4,9H,2,5-8H2,1H3. The van der Waals surface area contributed by atoms with E-state index in [2.05, 4.69) is 43.7 Å². The molecule has 0 radical (unpaired) electrons. The third-order valence-corrected chi connectivity index (χ3v) is 6.68. The number of nitrogens with zero attached hydrogens (tertiary/aromatic N) is 2. The quantitative estimate of drug-likeness (QED) is 0.767. The number of benzene rings is 1. The van der Waals surface area contributed by atoms with Crippen LogP contribution in [-0.2, 0) is 10.0 Å². The molecule has 0 aliphatic carbocycles. The van der Waals surface area contributed by atoms with Gasteiger partial charge < -0.3 is 4.90 Å². The molecule has 1 heterocycles. The molecule has 1 aromatic rings. The van der Waals surface area contributed by atoms with Gasteiger partial charge in [0.15, 0.2) is 0 Å². The maximum absolute atomic E-state index is 12.6. The summed E-state index contributed by atoms with van der Waals surface area (Å²) in [6, 6.07) is 5.21. The van der Waals surface area contributed by atoms with E-state index in [0.29, 0.717) is 22.5 Å². The third kappa shape index (κ3) is 3.39. The normalized spacial score (nSPS) is 18.7. The Hall–Kier alpha value is 0.0500. The van der Waals surface area contributed by atoms with Crippen LogP contribution in [0, 0.1) is 0 Å². The highest BCUT2D eigenvalue weighted by atomic mass is 79.9. The lowest BCUT2D eigenvalue weighted by Crippen LogP contribution is -2.48. The first-order chi connectivity index (χ1) is 8.95. The number of hydrogen-bond donors (Lipinski definition) is 0. The van der Waals surface area contributed by atoms with Crippen molar-refractivity contribution in [2.45, 2.75) is 11.8 Å². The van der Waals surface area contributed by atoms with Crippen LogP contribution < -0.4 is 0 Å². The highest BCUT2D eigenvalue weighted by Crippen LogP contribution is 2.28. The van der Waals surface area contributed by atoms with E-state index >= 15 is 0 Å². The molecule has 0 aromatic heterocycles. The molecule has 0 N–H and O–H groups in total. The summed E-state index contributed by atoms with van der Waals surface area (Å²) >= 11 is 6.64. The van der Waals surface area contributed by atoms with Crippen LogP contribution in [0.4, 0.5) is 0 Å². The highest BCUT2D eigenvalue weighted by Gasteiger charge is 2.29. The Kier molecular flexibility index (Phi) is 5.05. The molecule has 4 nitrogen and oxygen atoms in total. The van der Waals surface area contributed by atoms with Crippen LogP contribution in [-0.4, -0.2) is 50.3 Å². The fourth-order valence-electron chi connectivity index (χ4n) is 2.10. The van der Waals surface area contributed by atoms with E-state index in [9.17, 15) is 8.42 Å². The van der Waals surface area contributed by atoms with Gasteiger partial charge in [-0.25, -0.2) is 8.42 Å². The van der Waals surface area contributed by atoms with Crippen molar-refractivity contribution in [3.05, 3.63) is 27.1 Å². The lowest BCUT2D eigenvalue weighted by Gasteiger charge is -2.33. The van der Waals surface area contributed by atoms with Gasteiger partial charge in [0, 0.05) is 35.1 Å². The predicted octanol–water partition coefficient (Wildman–Crippen LogP) is 2.54. The van der Waals surface area contributed by atoms with Gasteiger partial charge in [0.2, 0.25) is 10.0 Å². The van der Waals surface area contributed by atoms with E-state index in [1.807, 2.05) is 6.07 Å². The van der Waals surface area contributed by atoms with Crippen molar-refractivity contribution in [3.63, 3.8) is 0 Å². The van der Waals surface area contributed by atoms with Crippen molar-refractivity contribution < 1.29 is 8.42 Å². The van der Waals surface area contributed by atoms with Crippen LogP contribution in [0.25, 0.3) is 0 Å². The fraction of sp³-hybridized carbons (Fsp3) is 0.500. The van der Waals surface area contributed by atoms with Crippen LogP contribution in [0.15, 0.2) is 32.0 Å². The van der Waals surface area contributed by atoms with Crippen LogP contribution >= 0.6 is 31.9 Å². The lowest BCUT2D eigenvalue weighted by atomic mass is 10.4. The first kappa shape index (κ1) is 15.4. The smallest absolute Gasteiger partial charge is 0.244 e. The maximum Gasteiger partial charge on any atom is 0.244 e. The van der Waals surface area contributed by atoms with Crippen molar-refractivity contribution in [1.82, 2.24) is 9.21 Å². The van der Waals surface area contributed by atoms with Crippen LogP contribution in [0.5, 0.6) is 0 Å². The zero-order chi connectivity index (χ0) is 14.0. The van der Waals surface area contributed by atoms with Crippen LogP contribution in [0.3, 0.4) is 0 Å². The van der Waals surface area contributed by atoms with Gasteiger partial charge in [0.1, 0.15) is 0 Å². The molecule has 1 fully saturated rings. The maximum atomic E-state index is 12.6. The van der Waals surface area contributed by atoms with Gasteiger partial charge in [-0.2, -0.15) is 4.31 Å². The molecule has 2 rings (SSSR count). The van der Waals surface area contributed by atoms with E-state index in [0.717, 1.165) is 24.1 Å². The Bertz CT molecular complexity index is 555. The molecule has 0 unspecified atom stereocenters. The highest BCUT2D eigenvalue weighted by molar-refractivity contribution is 9.11. The summed E-state index contributed by atoms with van der Waals surface area (Å²) in [6.07, 6.45) is 0. The molecule has 19 heavy (non-hydrogen) atoms. The van der Waals surface area contributed by atoms with Gasteiger partial charge in [0.25, 0.3) is 0 Å². The van der Waals surface area contributed by atoms with Crippen molar-refractivity contribution in [1.29, 1.82) is 0 Å². The largest absolute Gasteiger partial charge is 0.301 e. The molecule has 1 aromatic carbocycles. The molecule has 7 heteroatoms. The zero-order valence-corrected chi connectivity index (χ0v) is 14.6. The molecular formula is C12H16Br2N2O2S. The summed E-state index contributed by atoms with van der Waals surface area (Å²) in [4.78, 5) is 2.58. The zero-order valence-electron chi connectivity index (χ0n) is 10.6. The number of likely N-dealkylation sites (N-methyl/N-ethyl adjacent to an activating group) is 1. The summed E-state index contributed by atoms with van der Waals surface area (Å²) in [7, 11) is -3.42. The summed E-state index contributed by atoms with van der Waals surface area (Å²) in [5.41, 5.74) is 0. The Balaban J connectivity index is 2.26. The molecule has 0 atom stereocenters. The number of piperazine rings is 1. The van der Waals surface area contributed by atoms with Gasteiger partial charge in [-0.1, -0.05) is 22.9 Å². The summed E-state index contributed by atoms with van der Waals surface area (Å²) < 4.78 is 28.2. The molecule has 1 saturated heterocycles. The second-order valence-corrected chi connectivity index (χ2v) is 8.09. The van der Waals surface area contributed by atoms with E-state index in [-0.39, 0.29) is 0 Å². The summed E-state index contributed by atoms with van der Waals surface area (Å²) in [5.74, 6) is 0. The molecule has 0 amide bonds. The molecule has 0 spiro atoms. The number of rotatable bonds is 3. The Morgan fingerprint density at radius 1 is 1.16 bits per heavy atom. The van der Waals surface area contributed by atoms with Gasteiger partial charge in [-0.05, 0) is 40.7 Å². The van der Waals surface area contributed by atoms with Gasteiger partial charge >= 0.3 is 0 Å². The van der Waals surface area contributed by atoms with E-state index < -0.39 is 10.0 Å². The Morgan fingerprint density at radius 2 is 1.79 bits per heavy atom. The second kappa shape index (κ2) is 6.22. The number of halogens is 2. The molecule has 1 aliphatic rings. The first-order valence-electron chi connectivity index (χ1n) is 6.12. The lowest BCUT2D eigenvalue weighted by molar-refractivity contribution is 0.196. The summed E-state index contributed by atoms with van der Waals surface area (Å²) in [5, 5.41) is 0. The van der Waals surface area contributed by atoms with Crippen LogP contribution in [0.1, 0.15) is 6.92 Å². The van der Waals surface area contributed by atoms with E-state index in [1.54, 1.807) is 16.4 Å². The average Bonchev–Trinajstić information content (AvgIpc) is 2.41. The second-order valence-electron chi connectivity index (χ2n) is 4.41. The minimum Gasteiger partial charge on any atom is -0.301 e. The monoisotopic (exact) mass is 410 g/mol. The fourth-order valence-corrected chi connectivity index (χ4v) is 4.99. The average molecular weight is 412 g/mol. The van der Waals surface area contributed by atoms with Gasteiger partial charge in [0.05, 0.1) is 4.90 Å². The third-order valence-electron chi connectivity index (χ3n) is 3.29. The first-order valence-corrected chi connectivity index (χ1v) is 9.15. The number of hydrogen-bond acceptors (Lipinski definition) is 3. The number of sulfonamides is 1. The molecule has 106 valence electrons. The molecular weight excluding hydrogens is 396 g/mol. The Morgan fingerprint density at radius 3 is 2.37 bits per heavy atom. The van der Waals surface area contributed by atoms with Crippen molar-refractivity contribution in [2.75, 3.05) is 32.7 Å². The topological polar surface area (TPSA) is 40.6 Å². The van der Waals surface area contributed by atoms with Gasteiger partial charge in [-0.3, -0.25) is 0 Å².